The molecular formula is C12H20N6O3S. The molecule has 0 saturated carbocycles. The van der Waals surface area contributed by atoms with E-state index in [0.717, 1.165) is 6.42 Å². The van der Waals surface area contributed by atoms with Crippen LogP contribution in [0.1, 0.15) is 24.7 Å². The van der Waals surface area contributed by atoms with E-state index in [1.165, 1.54) is 10.6 Å². The van der Waals surface area contributed by atoms with Gasteiger partial charge in [-0.05, 0) is 12.8 Å². The molecule has 9 nitrogen and oxygen atoms in total. The molecule has 2 saturated heterocycles. The van der Waals surface area contributed by atoms with E-state index in [1.807, 2.05) is 4.90 Å². The van der Waals surface area contributed by atoms with E-state index < -0.39 is 10.0 Å². The normalized spacial score (nSPS) is 23.9. The highest BCUT2D eigenvalue weighted by Gasteiger charge is 2.35. The molecule has 122 valence electrons. The van der Waals surface area contributed by atoms with E-state index in [9.17, 15) is 8.42 Å². The van der Waals surface area contributed by atoms with E-state index in [1.54, 1.807) is 0 Å². The SMILES string of the molecule is CS(=O)(=O)N1CCCC1c1nc(N)nc(N2CCOCC2)n1. The minimum atomic E-state index is -3.29. The van der Waals surface area contributed by atoms with Gasteiger partial charge in [0.05, 0.1) is 25.5 Å². The third-order valence-electron chi connectivity index (χ3n) is 3.88. The van der Waals surface area contributed by atoms with Gasteiger partial charge in [-0.25, -0.2) is 8.42 Å². The number of nitrogen functional groups attached to an aromatic ring is 1. The van der Waals surface area contributed by atoms with Crippen LogP contribution in [0.15, 0.2) is 0 Å². The number of morpholine rings is 1. The van der Waals surface area contributed by atoms with Crippen molar-refractivity contribution < 1.29 is 13.2 Å². The summed E-state index contributed by atoms with van der Waals surface area (Å²) < 4.78 is 30.5. The number of anilines is 2. The predicted molar refractivity (Wildman–Crippen MR) is 80.8 cm³/mol. The molecule has 10 heteroatoms. The molecule has 0 aliphatic carbocycles. The Labute approximate surface area is 129 Å². The maximum atomic E-state index is 11.9. The minimum Gasteiger partial charge on any atom is -0.378 e. The van der Waals surface area contributed by atoms with Gasteiger partial charge in [0, 0.05) is 19.6 Å². The fraction of sp³-hybridized carbons (Fsp3) is 0.750. The predicted octanol–water partition coefficient (Wildman–Crippen LogP) is -0.613. The molecule has 2 N–H and O–H groups in total. The standard InChI is InChI=1S/C12H20N6O3S/c1-22(19,20)18-4-2-3-9(18)10-14-11(13)16-12(15-10)17-5-7-21-8-6-17/h9H,2-8H2,1H3,(H2,13,14,15,16). The third kappa shape index (κ3) is 3.13. The lowest BCUT2D eigenvalue weighted by molar-refractivity contribution is 0.122. The Balaban J connectivity index is 1.92. The molecule has 1 aromatic heterocycles. The van der Waals surface area contributed by atoms with Crippen molar-refractivity contribution in [3.05, 3.63) is 5.82 Å². The third-order valence-corrected chi connectivity index (χ3v) is 5.17. The first kappa shape index (κ1) is 15.4. The van der Waals surface area contributed by atoms with Crippen LogP contribution in [0.4, 0.5) is 11.9 Å². The first-order valence-corrected chi connectivity index (χ1v) is 9.11. The van der Waals surface area contributed by atoms with Gasteiger partial charge in [0.1, 0.15) is 0 Å². The zero-order valence-electron chi connectivity index (χ0n) is 12.5. The smallest absolute Gasteiger partial charge is 0.230 e. The van der Waals surface area contributed by atoms with Crippen LogP contribution in [-0.2, 0) is 14.8 Å². The van der Waals surface area contributed by atoms with Crippen molar-refractivity contribution >= 4 is 21.9 Å². The number of sulfonamides is 1. The average molecular weight is 328 g/mol. The Morgan fingerprint density at radius 1 is 1.18 bits per heavy atom. The van der Waals surface area contributed by atoms with Gasteiger partial charge in [-0.3, -0.25) is 0 Å². The molecule has 2 fully saturated rings. The lowest BCUT2D eigenvalue weighted by Crippen LogP contribution is -2.38. The van der Waals surface area contributed by atoms with Crippen LogP contribution in [-0.4, -0.2) is 66.8 Å². The molecule has 2 aliphatic rings. The van der Waals surface area contributed by atoms with E-state index in [4.69, 9.17) is 10.5 Å². The van der Waals surface area contributed by atoms with E-state index >= 15 is 0 Å². The number of hydrogen-bond donors (Lipinski definition) is 1. The summed E-state index contributed by atoms with van der Waals surface area (Å²) in [5.74, 6) is 1.04. The summed E-state index contributed by atoms with van der Waals surface area (Å²) in [7, 11) is -3.29. The summed E-state index contributed by atoms with van der Waals surface area (Å²) in [6.07, 6.45) is 2.69. The van der Waals surface area contributed by atoms with Gasteiger partial charge in [0.15, 0.2) is 5.82 Å². The van der Waals surface area contributed by atoms with Crippen molar-refractivity contribution in [2.24, 2.45) is 0 Å². The van der Waals surface area contributed by atoms with Crippen molar-refractivity contribution in [2.75, 3.05) is 49.7 Å². The summed E-state index contributed by atoms with van der Waals surface area (Å²) in [6.45, 7) is 3.08. The topological polar surface area (TPSA) is 115 Å². The van der Waals surface area contributed by atoms with Gasteiger partial charge in [-0.2, -0.15) is 19.3 Å². The summed E-state index contributed by atoms with van der Waals surface area (Å²) >= 11 is 0. The fourth-order valence-corrected chi connectivity index (χ4v) is 3.97. The number of nitrogens with two attached hydrogens (primary N) is 1. The van der Waals surface area contributed by atoms with Crippen LogP contribution in [0.25, 0.3) is 0 Å². The summed E-state index contributed by atoms with van der Waals surface area (Å²) in [6, 6.07) is -0.361. The highest BCUT2D eigenvalue weighted by Crippen LogP contribution is 2.32. The number of aromatic nitrogens is 3. The maximum Gasteiger partial charge on any atom is 0.230 e. The Hall–Kier alpha value is -1.52. The molecule has 22 heavy (non-hydrogen) atoms. The molecule has 1 atom stereocenters. The molecule has 0 spiro atoms. The van der Waals surface area contributed by atoms with Gasteiger partial charge in [-0.1, -0.05) is 0 Å². The van der Waals surface area contributed by atoms with Gasteiger partial charge in [0.25, 0.3) is 0 Å². The molecule has 0 bridgehead atoms. The van der Waals surface area contributed by atoms with Crippen LogP contribution in [0.3, 0.4) is 0 Å². The van der Waals surface area contributed by atoms with Crippen LogP contribution in [0, 0.1) is 0 Å². The van der Waals surface area contributed by atoms with Gasteiger partial charge < -0.3 is 15.4 Å². The maximum absolute atomic E-state index is 11.9. The molecule has 0 radical (unpaired) electrons. The zero-order chi connectivity index (χ0) is 15.7. The number of rotatable bonds is 3. The van der Waals surface area contributed by atoms with Crippen molar-refractivity contribution in [3.63, 3.8) is 0 Å². The highest BCUT2D eigenvalue weighted by atomic mass is 32.2. The number of nitrogens with zero attached hydrogens (tertiary/aromatic N) is 5. The van der Waals surface area contributed by atoms with Crippen molar-refractivity contribution in [1.82, 2.24) is 19.3 Å². The van der Waals surface area contributed by atoms with Crippen LogP contribution in [0.5, 0.6) is 0 Å². The molecule has 1 unspecified atom stereocenters. The summed E-state index contributed by atoms with van der Waals surface area (Å²) in [5, 5.41) is 0. The van der Waals surface area contributed by atoms with Crippen molar-refractivity contribution in [3.8, 4) is 0 Å². The highest BCUT2D eigenvalue weighted by molar-refractivity contribution is 7.88. The number of ether oxygens (including phenoxy) is 1. The molecular weight excluding hydrogens is 308 g/mol. The summed E-state index contributed by atoms with van der Waals surface area (Å²) in [5.41, 5.74) is 5.80. The molecule has 2 aliphatic heterocycles. The van der Waals surface area contributed by atoms with Gasteiger partial charge >= 0.3 is 0 Å². The second kappa shape index (κ2) is 5.94. The average Bonchev–Trinajstić information content (AvgIpc) is 2.97. The van der Waals surface area contributed by atoms with E-state index in [2.05, 4.69) is 15.0 Å². The van der Waals surface area contributed by atoms with E-state index in [0.29, 0.717) is 51.0 Å². The van der Waals surface area contributed by atoms with Crippen molar-refractivity contribution in [2.45, 2.75) is 18.9 Å². The second-order valence-electron chi connectivity index (χ2n) is 5.48. The summed E-state index contributed by atoms with van der Waals surface area (Å²) in [4.78, 5) is 14.8. The molecule has 0 amide bonds. The van der Waals surface area contributed by atoms with Crippen LogP contribution >= 0.6 is 0 Å². The largest absolute Gasteiger partial charge is 0.378 e. The lowest BCUT2D eigenvalue weighted by Gasteiger charge is -2.28. The Morgan fingerprint density at radius 3 is 2.59 bits per heavy atom. The Kier molecular flexibility index (Phi) is 4.15. The number of hydrogen-bond acceptors (Lipinski definition) is 8. The second-order valence-corrected chi connectivity index (χ2v) is 7.42. The molecule has 3 rings (SSSR count). The van der Waals surface area contributed by atoms with E-state index in [-0.39, 0.29) is 12.0 Å². The first-order chi connectivity index (χ1) is 10.4. The molecule has 0 aromatic carbocycles. The van der Waals surface area contributed by atoms with Gasteiger partial charge in [-0.15, -0.1) is 0 Å². The van der Waals surface area contributed by atoms with Gasteiger partial charge in [0.2, 0.25) is 21.9 Å². The van der Waals surface area contributed by atoms with Crippen LogP contribution in [0.2, 0.25) is 0 Å². The zero-order valence-corrected chi connectivity index (χ0v) is 13.3. The quantitative estimate of drug-likeness (QED) is 0.781. The first-order valence-electron chi connectivity index (χ1n) is 7.26. The lowest BCUT2D eigenvalue weighted by atomic mass is 10.2. The monoisotopic (exact) mass is 328 g/mol. The van der Waals surface area contributed by atoms with Crippen LogP contribution < -0.4 is 10.6 Å². The van der Waals surface area contributed by atoms with Crippen molar-refractivity contribution in [1.29, 1.82) is 0 Å². The molecule has 3 heterocycles. The molecule has 1 aromatic rings. The Bertz CT molecular complexity index is 646. The Morgan fingerprint density at radius 2 is 1.91 bits per heavy atom. The fourth-order valence-electron chi connectivity index (χ4n) is 2.85. The minimum absolute atomic E-state index is 0.117.